The van der Waals surface area contributed by atoms with Crippen LogP contribution in [0.25, 0.3) is 0 Å². The fourth-order valence-electron chi connectivity index (χ4n) is 0.161. The quantitative estimate of drug-likeness (QED) is 0.289. The monoisotopic (exact) mass is 140 g/mol. The van der Waals surface area contributed by atoms with Gasteiger partial charge in [0.25, 0.3) is 6.16 Å². The summed E-state index contributed by atoms with van der Waals surface area (Å²) in [4.78, 5) is 19.4. The number of Topliss-reactive ketones (excluding diaryl/α,β-unsaturated/α-hetero) is 1. The molecule has 0 radical (unpaired) electrons. The van der Waals surface area contributed by atoms with Crippen LogP contribution in [0.2, 0.25) is 0 Å². The minimum absolute atomic E-state index is 0. The van der Waals surface area contributed by atoms with E-state index in [0.717, 1.165) is 0 Å². The van der Waals surface area contributed by atoms with Gasteiger partial charge in [0.05, 0.1) is 6.61 Å². The number of carboxylic acid groups (broad SMARTS) is 1. The van der Waals surface area contributed by atoms with Crippen molar-refractivity contribution in [3.63, 3.8) is 0 Å². The fourth-order valence-corrected chi connectivity index (χ4v) is 0.161. The Kier molecular flexibility index (Phi) is 7.89. The Labute approximate surface area is 74.5 Å². The van der Waals surface area contributed by atoms with Gasteiger partial charge in [-0.3, -0.25) is 4.79 Å². The van der Waals surface area contributed by atoms with E-state index in [1.54, 1.807) is 0 Å². The summed E-state index contributed by atoms with van der Waals surface area (Å²) >= 11 is 0. The molecule has 0 aromatic heterocycles. The molecule has 0 aliphatic carbocycles. The van der Waals surface area contributed by atoms with Crippen LogP contribution < -0.4 is 34.7 Å². The number of hydrogen-bond acceptors (Lipinski definition) is 4. The average Bonchev–Trinajstić information content (AvgIpc) is 1.61. The summed E-state index contributed by atoms with van der Waals surface area (Å²) in [5.74, 6) is -0.339. The Morgan fingerprint density at radius 2 is 2.00 bits per heavy atom. The first-order valence-electron chi connectivity index (χ1n) is 1.96. The number of carbonyl (C=O) groups excluding carboxylic acids is 2. The van der Waals surface area contributed by atoms with Gasteiger partial charge < -0.3 is 14.6 Å². The Morgan fingerprint density at radius 1 is 1.56 bits per heavy atom. The minimum Gasteiger partial charge on any atom is -0.542 e. The molecule has 0 saturated carbocycles. The van der Waals surface area contributed by atoms with Gasteiger partial charge in [0.2, 0.25) is 0 Å². The summed E-state index contributed by atoms with van der Waals surface area (Å²) in [6.07, 6.45) is -1.67. The predicted octanol–water partition coefficient (Wildman–Crippen LogP) is -4.06. The van der Waals surface area contributed by atoms with Gasteiger partial charge in [0, 0.05) is 0 Å². The zero-order valence-electron chi connectivity index (χ0n) is 5.34. The number of ether oxygens (including phenoxy) is 1. The molecule has 0 rings (SSSR count). The smallest absolute Gasteiger partial charge is 0.542 e. The third kappa shape index (κ3) is 11.5. The van der Waals surface area contributed by atoms with Crippen LogP contribution in [0, 0.1) is 0 Å². The van der Waals surface area contributed by atoms with Crippen LogP contribution in [0.3, 0.4) is 0 Å². The van der Waals surface area contributed by atoms with E-state index < -0.39 is 12.8 Å². The molecule has 0 atom stereocenters. The number of rotatable bonds is 2. The molecular weight excluding hydrogens is 135 g/mol. The number of carbonyl (C=O) groups is 2. The summed E-state index contributed by atoms with van der Waals surface area (Å²) in [6.45, 7) is 0.811. The van der Waals surface area contributed by atoms with Gasteiger partial charge in [-0.25, -0.2) is 0 Å². The van der Waals surface area contributed by atoms with Crippen LogP contribution in [0.15, 0.2) is 0 Å². The van der Waals surface area contributed by atoms with Gasteiger partial charge in [-0.15, -0.1) is 0 Å². The maximum Gasteiger partial charge on any atom is 1.00 e. The van der Waals surface area contributed by atoms with Crippen LogP contribution in [-0.4, -0.2) is 18.5 Å². The second-order valence-corrected chi connectivity index (χ2v) is 1.24. The van der Waals surface area contributed by atoms with Crippen molar-refractivity contribution >= 4 is 11.9 Å². The molecule has 0 amide bonds. The Balaban J connectivity index is 0. The molecule has 0 aromatic rings. The molecule has 9 heavy (non-hydrogen) atoms. The second kappa shape index (κ2) is 6.07. The third-order valence-corrected chi connectivity index (χ3v) is 0.393. The zero-order chi connectivity index (χ0) is 6.57. The van der Waals surface area contributed by atoms with Gasteiger partial charge >= 0.3 is 29.6 Å². The summed E-state index contributed by atoms with van der Waals surface area (Å²) < 4.78 is 3.76. The Morgan fingerprint density at radius 3 is 2.11 bits per heavy atom. The van der Waals surface area contributed by atoms with E-state index >= 15 is 0 Å². The molecule has 0 N–H and O–H groups in total. The molecule has 0 spiro atoms. The van der Waals surface area contributed by atoms with Crippen molar-refractivity contribution in [3.8, 4) is 0 Å². The largest absolute Gasteiger partial charge is 1.00 e. The molecular formula is C4H5NaO4. The van der Waals surface area contributed by atoms with Gasteiger partial charge in [0.15, 0.2) is 0 Å². The molecule has 0 aromatic carbocycles. The van der Waals surface area contributed by atoms with Crippen molar-refractivity contribution in [3.05, 3.63) is 0 Å². The van der Waals surface area contributed by atoms with Crippen LogP contribution in [0.5, 0.6) is 0 Å². The maximum absolute atomic E-state index is 9.93. The minimum atomic E-state index is -1.67. The molecule has 0 unspecified atom stereocenters. The Hall–Kier alpha value is -0.0600. The van der Waals surface area contributed by atoms with E-state index in [0.29, 0.717) is 0 Å². The molecule has 4 nitrogen and oxygen atoms in total. The van der Waals surface area contributed by atoms with Crippen LogP contribution >= 0.6 is 0 Å². The third-order valence-electron chi connectivity index (χ3n) is 0.393. The number of ketones is 1. The SMILES string of the molecule is CC(=O)COC(=O)[O-].[Na+]. The van der Waals surface area contributed by atoms with E-state index in [-0.39, 0.29) is 35.3 Å². The molecule has 0 bridgehead atoms. The molecule has 5 heteroatoms. The van der Waals surface area contributed by atoms with Gasteiger partial charge in [-0.2, -0.15) is 0 Å². The summed E-state index contributed by atoms with van der Waals surface area (Å²) in [7, 11) is 0. The fraction of sp³-hybridized carbons (Fsp3) is 0.500. The average molecular weight is 140 g/mol. The van der Waals surface area contributed by atoms with Crippen LogP contribution in [0.4, 0.5) is 4.79 Å². The zero-order valence-corrected chi connectivity index (χ0v) is 7.34. The Bertz CT molecular complexity index is 97.1. The van der Waals surface area contributed by atoms with E-state index in [9.17, 15) is 14.7 Å². The van der Waals surface area contributed by atoms with Crippen molar-refractivity contribution in [1.82, 2.24) is 0 Å². The summed E-state index contributed by atoms with van der Waals surface area (Å²) in [5.41, 5.74) is 0. The molecule has 0 saturated heterocycles. The van der Waals surface area contributed by atoms with Gasteiger partial charge in [-0.1, -0.05) is 0 Å². The first-order chi connectivity index (χ1) is 3.63. The van der Waals surface area contributed by atoms with Crippen molar-refractivity contribution in [2.75, 3.05) is 6.61 Å². The van der Waals surface area contributed by atoms with Crippen molar-refractivity contribution in [2.24, 2.45) is 0 Å². The normalized spacial score (nSPS) is 7.22. The van der Waals surface area contributed by atoms with E-state index in [1.165, 1.54) is 6.92 Å². The maximum atomic E-state index is 9.93. The first kappa shape index (κ1) is 11.7. The van der Waals surface area contributed by atoms with Crippen molar-refractivity contribution in [1.29, 1.82) is 0 Å². The molecule has 0 aliphatic rings. The number of hydrogen-bond donors (Lipinski definition) is 0. The van der Waals surface area contributed by atoms with Crippen LogP contribution in [0.1, 0.15) is 6.92 Å². The first-order valence-corrected chi connectivity index (χ1v) is 1.96. The van der Waals surface area contributed by atoms with E-state index in [4.69, 9.17) is 0 Å². The molecule has 0 aliphatic heterocycles. The van der Waals surface area contributed by atoms with Crippen molar-refractivity contribution in [2.45, 2.75) is 6.92 Å². The predicted molar refractivity (Wildman–Crippen MR) is 22.0 cm³/mol. The van der Waals surface area contributed by atoms with E-state index in [2.05, 4.69) is 4.74 Å². The van der Waals surface area contributed by atoms with Gasteiger partial charge in [-0.05, 0) is 6.92 Å². The van der Waals surface area contributed by atoms with E-state index in [1.807, 2.05) is 0 Å². The summed E-state index contributed by atoms with van der Waals surface area (Å²) in [5, 5.41) is 9.42. The second-order valence-electron chi connectivity index (χ2n) is 1.24. The summed E-state index contributed by atoms with van der Waals surface area (Å²) in [6, 6.07) is 0. The van der Waals surface area contributed by atoms with Crippen molar-refractivity contribution < 1.29 is 49.0 Å². The van der Waals surface area contributed by atoms with Gasteiger partial charge in [0.1, 0.15) is 5.78 Å². The van der Waals surface area contributed by atoms with Crippen LogP contribution in [-0.2, 0) is 9.53 Å². The topological polar surface area (TPSA) is 66.4 Å². The molecule has 0 fully saturated rings. The molecule has 46 valence electrons. The molecule has 0 heterocycles. The standard InChI is InChI=1S/C4H6O4.Na/c1-3(5)2-8-4(6)7;/h2H2,1H3,(H,6,7);/q;+1/p-1.